The minimum Gasteiger partial charge on any atom is -0.440 e. The Bertz CT molecular complexity index is 1470. The molecular formula is C36H47ClN4O6. The van der Waals surface area contributed by atoms with Crippen LogP contribution in [0.25, 0.3) is 0 Å². The number of amides is 4. The van der Waals surface area contributed by atoms with Gasteiger partial charge in [0.15, 0.2) is 0 Å². The lowest BCUT2D eigenvalue weighted by Crippen LogP contribution is -2.55. The molecular weight excluding hydrogens is 620 g/mol. The Kier molecular flexibility index (Phi) is 11.4. The number of benzene rings is 2. The van der Waals surface area contributed by atoms with Gasteiger partial charge in [-0.2, -0.15) is 0 Å². The van der Waals surface area contributed by atoms with Crippen LogP contribution in [0.1, 0.15) is 90.9 Å². The highest BCUT2D eigenvalue weighted by Gasteiger charge is 2.42. The number of ketones is 1. The van der Waals surface area contributed by atoms with E-state index < -0.39 is 58.8 Å². The predicted molar refractivity (Wildman–Crippen MR) is 180 cm³/mol. The van der Waals surface area contributed by atoms with Crippen LogP contribution in [0, 0.1) is 11.8 Å². The fraction of sp³-hybridized carbons (Fsp3) is 0.528. The molecule has 2 aromatic carbocycles. The van der Waals surface area contributed by atoms with Crippen molar-refractivity contribution < 1.29 is 28.7 Å². The first-order valence-corrected chi connectivity index (χ1v) is 16.7. The fourth-order valence-electron chi connectivity index (χ4n) is 6.10. The molecule has 254 valence electrons. The van der Waals surface area contributed by atoms with Gasteiger partial charge < -0.3 is 26.0 Å². The number of carbonyl (C=O) groups excluding carboxylic acids is 5. The largest absolute Gasteiger partial charge is 0.440 e. The van der Waals surface area contributed by atoms with E-state index in [1.54, 1.807) is 6.07 Å². The van der Waals surface area contributed by atoms with Crippen LogP contribution >= 0.6 is 11.6 Å². The molecule has 47 heavy (non-hydrogen) atoms. The zero-order valence-electron chi connectivity index (χ0n) is 28.0. The van der Waals surface area contributed by atoms with Crippen LogP contribution in [0.15, 0.2) is 54.6 Å². The molecule has 0 spiro atoms. The molecule has 2 aromatic rings. The first-order valence-electron chi connectivity index (χ1n) is 16.3. The van der Waals surface area contributed by atoms with E-state index in [9.17, 15) is 24.0 Å². The molecule has 1 saturated carbocycles. The summed E-state index contributed by atoms with van der Waals surface area (Å²) in [6, 6.07) is 14.3. The molecule has 1 aliphatic carbocycles. The summed E-state index contributed by atoms with van der Waals surface area (Å²) < 4.78 is 6.09. The van der Waals surface area contributed by atoms with E-state index in [0.717, 1.165) is 24.0 Å². The molecule has 4 atom stereocenters. The molecule has 10 nitrogen and oxygen atoms in total. The maximum Gasteiger partial charge on any atom is 0.408 e. The Morgan fingerprint density at radius 2 is 1.68 bits per heavy atom. The Morgan fingerprint density at radius 1 is 1.00 bits per heavy atom. The van der Waals surface area contributed by atoms with Crippen molar-refractivity contribution in [1.29, 1.82) is 0 Å². The summed E-state index contributed by atoms with van der Waals surface area (Å²) in [6.45, 7) is 11.5. The number of Topliss-reactive ketones (excluding diaryl/α,β-unsaturated/α-hetero) is 1. The van der Waals surface area contributed by atoms with E-state index in [1.165, 1.54) is 0 Å². The monoisotopic (exact) mass is 666 g/mol. The molecule has 0 aromatic heterocycles. The normalized spacial score (nSPS) is 19.2. The minimum atomic E-state index is -1.25. The van der Waals surface area contributed by atoms with Crippen LogP contribution < -0.4 is 21.3 Å². The lowest BCUT2D eigenvalue weighted by molar-refractivity contribution is -0.141. The molecule has 2 unspecified atom stereocenters. The number of hydrogen-bond donors (Lipinski definition) is 4. The van der Waals surface area contributed by atoms with E-state index in [4.69, 9.17) is 16.3 Å². The van der Waals surface area contributed by atoms with E-state index in [2.05, 4.69) is 21.3 Å². The second-order valence-electron chi connectivity index (χ2n) is 14.4. The van der Waals surface area contributed by atoms with Gasteiger partial charge in [0.05, 0.1) is 6.04 Å². The van der Waals surface area contributed by atoms with Gasteiger partial charge in [0.25, 0.3) is 5.91 Å². The Labute approximate surface area is 282 Å². The van der Waals surface area contributed by atoms with Crippen molar-refractivity contribution in [1.82, 2.24) is 21.3 Å². The molecule has 2 aliphatic rings. The van der Waals surface area contributed by atoms with Gasteiger partial charge >= 0.3 is 6.09 Å². The van der Waals surface area contributed by atoms with Gasteiger partial charge in [-0.15, -0.1) is 0 Å². The molecule has 4 amide bonds. The van der Waals surface area contributed by atoms with Crippen molar-refractivity contribution in [2.75, 3.05) is 0 Å². The van der Waals surface area contributed by atoms with Gasteiger partial charge in [-0.05, 0) is 75.1 Å². The fourth-order valence-corrected chi connectivity index (χ4v) is 6.29. The number of rotatable bonds is 14. The van der Waals surface area contributed by atoms with Crippen LogP contribution in [-0.4, -0.2) is 53.3 Å². The average molecular weight is 667 g/mol. The number of alkyl carbamates (subject to hydrolysis) is 1. The number of halogens is 1. The molecule has 1 heterocycles. The van der Waals surface area contributed by atoms with Crippen molar-refractivity contribution >= 4 is 41.2 Å². The highest BCUT2D eigenvalue weighted by atomic mass is 35.5. The topological polar surface area (TPSA) is 143 Å². The summed E-state index contributed by atoms with van der Waals surface area (Å²) in [4.78, 5) is 66.3. The Hall–Kier alpha value is -3.92. The first kappa shape index (κ1) is 35.9. The SMILES string of the molecule is CC(C)C[C@H](NC(=O)OC(c1ccccc1)C(C)(C)c1cccc(Cl)c1)C(=O)N[C@@H](CC1CC(C)(C)NC1=O)C(=O)C(=O)NC1CC1. The standard InChI is InChI=1S/C36H47ClN4O6/c1-21(2)17-28(32(44)39-27(29(42)33(45)38-26-15-16-26)18-23-20-35(3,4)41-31(23)43)40-34(46)47-30(22-11-8-7-9-12-22)36(5,6)24-13-10-14-25(37)19-24/h7-14,19,21,23,26-28,30H,15-18,20H2,1-6H3,(H,38,45)(H,39,44)(H,40,46)(H,41,43)/t23?,27-,28-,30?/m0/s1. The third-order valence-electron chi connectivity index (χ3n) is 8.75. The van der Waals surface area contributed by atoms with Gasteiger partial charge in [0, 0.05) is 27.9 Å². The third-order valence-corrected chi connectivity index (χ3v) is 8.98. The smallest absolute Gasteiger partial charge is 0.408 e. The summed E-state index contributed by atoms with van der Waals surface area (Å²) in [7, 11) is 0. The van der Waals surface area contributed by atoms with Crippen molar-refractivity contribution in [3.05, 3.63) is 70.7 Å². The average Bonchev–Trinajstić information content (AvgIpc) is 3.77. The third kappa shape index (κ3) is 9.79. The van der Waals surface area contributed by atoms with Crippen molar-refractivity contribution in [3.8, 4) is 0 Å². The van der Waals surface area contributed by atoms with Gasteiger partial charge in [-0.1, -0.05) is 81.8 Å². The van der Waals surface area contributed by atoms with E-state index in [-0.39, 0.29) is 30.7 Å². The van der Waals surface area contributed by atoms with Crippen molar-refractivity contribution in [2.24, 2.45) is 11.8 Å². The summed E-state index contributed by atoms with van der Waals surface area (Å²) in [6.07, 6.45) is 0.641. The number of ether oxygens (including phenoxy) is 1. The van der Waals surface area contributed by atoms with E-state index in [1.807, 2.05) is 90.1 Å². The Balaban J connectivity index is 1.54. The van der Waals surface area contributed by atoms with Crippen molar-refractivity contribution in [2.45, 2.75) is 109 Å². The molecule has 0 radical (unpaired) electrons. The second-order valence-corrected chi connectivity index (χ2v) is 14.9. The van der Waals surface area contributed by atoms with Crippen molar-refractivity contribution in [3.63, 3.8) is 0 Å². The number of carbonyl (C=O) groups is 5. The van der Waals surface area contributed by atoms with Gasteiger partial charge in [-0.25, -0.2) is 4.79 Å². The zero-order chi connectivity index (χ0) is 34.5. The molecule has 0 bridgehead atoms. The molecule has 1 aliphatic heterocycles. The zero-order valence-corrected chi connectivity index (χ0v) is 28.8. The minimum absolute atomic E-state index is 0.0207. The highest BCUT2D eigenvalue weighted by molar-refractivity contribution is 6.38. The summed E-state index contributed by atoms with van der Waals surface area (Å²) >= 11 is 6.31. The second kappa shape index (κ2) is 14.9. The van der Waals surface area contributed by atoms with E-state index in [0.29, 0.717) is 11.4 Å². The van der Waals surface area contributed by atoms with Crippen LogP contribution in [0.2, 0.25) is 5.02 Å². The van der Waals surface area contributed by atoms with Crippen LogP contribution in [0.3, 0.4) is 0 Å². The summed E-state index contributed by atoms with van der Waals surface area (Å²) in [5, 5.41) is 11.6. The maximum atomic E-state index is 13.8. The van der Waals surface area contributed by atoms with Crippen LogP contribution in [-0.2, 0) is 29.3 Å². The number of hydrogen-bond acceptors (Lipinski definition) is 6. The number of nitrogens with one attached hydrogen (secondary N) is 4. The molecule has 4 N–H and O–H groups in total. The lowest BCUT2D eigenvalue weighted by atomic mass is 9.76. The first-order chi connectivity index (χ1) is 22.1. The maximum absolute atomic E-state index is 13.8. The van der Waals surface area contributed by atoms with Crippen LogP contribution in [0.5, 0.6) is 0 Å². The molecule has 1 saturated heterocycles. The van der Waals surface area contributed by atoms with Gasteiger partial charge in [0.2, 0.25) is 17.6 Å². The molecule has 11 heteroatoms. The van der Waals surface area contributed by atoms with E-state index >= 15 is 0 Å². The molecule has 4 rings (SSSR count). The van der Waals surface area contributed by atoms with Gasteiger partial charge in [-0.3, -0.25) is 19.2 Å². The summed E-state index contributed by atoms with van der Waals surface area (Å²) in [5.41, 5.74) is 0.409. The predicted octanol–water partition coefficient (Wildman–Crippen LogP) is 5.14. The lowest BCUT2D eigenvalue weighted by Gasteiger charge is -2.35. The quantitative estimate of drug-likeness (QED) is 0.206. The van der Waals surface area contributed by atoms with Crippen LogP contribution in [0.4, 0.5) is 4.79 Å². The van der Waals surface area contributed by atoms with Gasteiger partial charge in [0.1, 0.15) is 12.1 Å². The summed E-state index contributed by atoms with van der Waals surface area (Å²) in [5.74, 6) is -3.09. The molecule has 2 fully saturated rings. The Morgan fingerprint density at radius 3 is 2.26 bits per heavy atom. The highest BCUT2D eigenvalue weighted by Crippen LogP contribution is 2.40.